The van der Waals surface area contributed by atoms with Crippen molar-refractivity contribution in [1.29, 1.82) is 0 Å². The van der Waals surface area contributed by atoms with Crippen LogP contribution < -0.4 is 5.73 Å². The molecule has 1 aliphatic heterocycles. The molecular weight excluding hydrogens is 264 g/mol. The molecule has 19 heavy (non-hydrogen) atoms. The van der Waals surface area contributed by atoms with Gasteiger partial charge in [-0.3, -0.25) is 4.79 Å². The third kappa shape index (κ3) is 2.70. The highest BCUT2D eigenvalue weighted by atomic mass is 19.4. The molecule has 1 fully saturated rings. The summed E-state index contributed by atoms with van der Waals surface area (Å²) in [4.78, 5) is 13.2. The first-order valence-electron chi connectivity index (χ1n) is 5.71. The minimum absolute atomic E-state index is 0.210. The molecule has 1 heterocycles. The van der Waals surface area contributed by atoms with E-state index in [1.54, 1.807) is 0 Å². The minimum atomic E-state index is -4.82. The van der Waals surface area contributed by atoms with Crippen molar-refractivity contribution in [1.82, 2.24) is 4.90 Å². The molecule has 3 nitrogen and oxygen atoms in total. The van der Waals surface area contributed by atoms with Crippen molar-refractivity contribution in [2.24, 2.45) is 5.73 Å². The van der Waals surface area contributed by atoms with Gasteiger partial charge in [-0.15, -0.1) is 0 Å². The lowest BCUT2D eigenvalue weighted by Gasteiger charge is -2.17. The Balaban J connectivity index is 2.33. The number of amides is 1. The van der Waals surface area contributed by atoms with E-state index in [4.69, 9.17) is 5.73 Å². The van der Waals surface area contributed by atoms with Crippen LogP contribution in [-0.4, -0.2) is 29.9 Å². The fraction of sp³-hybridized carbons (Fsp3) is 0.417. The lowest BCUT2D eigenvalue weighted by atomic mass is 10.1. The summed E-state index contributed by atoms with van der Waals surface area (Å²) in [5.41, 5.74) is 3.62. The number of rotatable bonds is 1. The van der Waals surface area contributed by atoms with E-state index < -0.39 is 29.0 Å². The maximum atomic E-state index is 13.8. The van der Waals surface area contributed by atoms with Crippen molar-refractivity contribution in [2.45, 2.75) is 18.6 Å². The number of halogens is 4. The van der Waals surface area contributed by atoms with Gasteiger partial charge in [-0.05, 0) is 18.6 Å². The first kappa shape index (κ1) is 13.8. The maximum absolute atomic E-state index is 13.8. The molecule has 2 N–H and O–H groups in total. The smallest absolute Gasteiger partial charge is 0.337 e. The standard InChI is InChI=1S/C12H12F4N2O/c13-10-8(2-1-3-9(10)12(14,15)16)11(19)18-5-4-7(17)6-18/h1-3,7H,4-6,17H2/t7-/m1/s1. The van der Waals surface area contributed by atoms with Gasteiger partial charge in [0, 0.05) is 19.1 Å². The van der Waals surface area contributed by atoms with E-state index >= 15 is 0 Å². The van der Waals surface area contributed by atoms with E-state index in [9.17, 15) is 22.4 Å². The van der Waals surface area contributed by atoms with Crippen LogP contribution in [0.1, 0.15) is 22.3 Å². The Labute approximate surface area is 107 Å². The summed E-state index contributed by atoms with van der Waals surface area (Å²) in [6.07, 6.45) is -4.26. The van der Waals surface area contributed by atoms with Crippen LogP contribution in [0.4, 0.5) is 17.6 Å². The topological polar surface area (TPSA) is 46.3 Å². The van der Waals surface area contributed by atoms with Crippen LogP contribution in [0.2, 0.25) is 0 Å². The Morgan fingerprint density at radius 1 is 1.37 bits per heavy atom. The Bertz CT molecular complexity index is 501. The van der Waals surface area contributed by atoms with E-state index in [1.165, 1.54) is 4.90 Å². The number of likely N-dealkylation sites (tertiary alicyclic amines) is 1. The number of benzene rings is 1. The van der Waals surface area contributed by atoms with E-state index in [1.807, 2.05) is 0 Å². The van der Waals surface area contributed by atoms with Gasteiger partial charge < -0.3 is 10.6 Å². The third-order valence-corrected chi connectivity index (χ3v) is 3.05. The second kappa shape index (κ2) is 4.80. The highest BCUT2D eigenvalue weighted by molar-refractivity contribution is 5.95. The normalized spacial score (nSPS) is 19.8. The summed E-state index contributed by atoms with van der Waals surface area (Å²) < 4.78 is 51.4. The number of nitrogens with zero attached hydrogens (tertiary/aromatic N) is 1. The van der Waals surface area contributed by atoms with E-state index in [-0.39, 0.29) is 12.6 Å². The SMILES string of the molecule is N[C@@H]1CCN(C(=O)c2cccc(C(F)(F)F)c2F)C1. The zero-order valence-electron chi connectivity index (χ0n) is 9.88. The molecule has 0 saturated carbocycles. The number of carbonyl (C=O) groups excluding carboxylic acids is 1. The fourth-order valence-corrected chi connectivity index (χ4v) is 2.06. The molecule has 1 atom stereocenters. The van der Waals surface area contributed by atoms with Crippen molar-refractivity contribution in [3.63, 3.8) is 0 Å². The molecule has 1 aromatic rings. The van der Waals surface area contributed by atoms with Gasteiger partial charge in [0.25, 0.3) is 5.91 Å². The van der Waals surface area contributed by atoms with Crippen LogP contribution in [0.5, 0.6) is 0 Å². The van der Waals surface area contributed by atoms with Gasteiger partial charge >= 0.3 is 6.18 Å². The molecule has 0 bridgehead atoms. The summed E-state index contributed by atoms with van der Waals surface area (Å²) in [5.74, 6) is -2.28. The largest absolute Gasteiger partial charge is 0.419 e. The molecule has 2 rings (SSSR count). The van der Waals surface area contributed by atoms with Crippen molar-refractivity contribution >= 4 is 5.91 Å². The maximum Gasteiger partial charge on any atom is 0.419 e. The van der Waals surface area contributed by atoms with Gasteiger partial charge in [0.05, 0.1) is 11.1 Å². The zero-order chi connectivity index (χ0) is 14.2. The van der Waals surface area contributed by atoms with Crippen molar-refractivity contribution in [2.75, 3.05) is 13.1 Å². The summed E-state index contributed by atoms with van der Waals surface area (Å²) in [7, 11) is 0. The van der Waals surface area contributed by atoms with Gasteiger partial charge in [0.2, 0.25) is 0 Å². The van der Waals surface area contributed by atoms with Gasteiger partial charge in [-0.25, -0.2) is 4.39 Å². The average molecular weight is 276 g/mol. The second-order valence-electron chi connectivity index (χ2n) is 4.46. The summed E-state index contributed by atoms with van der Waals surface area (Å²) in [6, 6.07) is 2.48. The fourth-order valence-electron chi connectivity index (χ4n) is 2.06. The van der Waals surface area contributed by atoms with Crippen molar-refractivity contribution in [3.8, 4) is 0 Å². The molecule has 0 spiro atoms. The monoisotopic (exact) mass is 276 g/mol. The highest BCUT2D eigenvalue weighted by Gasteiger charge is 2.36. The van der Waals surface area contributed by atoms with E-state index in [2.05, 4.69) is 0 Å². The van der Waals surface area contributed by atoms with Crippen LogP contribution >= 0.6 is 0 Å². The number of carbonyl (C=O) groups is 1. The van der Waals surface area contributed by atoms with Crippen LogP contribution in [0.25, 0.3) is 0 Å². The molecule has 0 aliphatic carbocycles. The number of alkyl halides is 3. The highest BCUT2D eigenvalue weighted by Crippen LogP contribution is 2.32. The number of hydrogen-bond donors (Lipinski definition) is 1. The molecular formula is C12H12F4N2O. The molecule has 0 aromatic heterocycles. The molecule has 0 radical (unpaired) electrons. The minimum Gasteiger partial charge on any atom is -0.337 e. The Morgan fingerprint density at radius 3 is 2.58 bits per heavy atom. The summed E-state index contributed by atoms with van der Waals surface area (Å²) >= 11 is 0. The summed E-state index contributed by atoms with van der Waals surface area (Å²) in [6.45, 7) is 0.560. The number of nitrogens with two attached hydrogens (primary N) is 1. The van der Waals surface area contributed by atoms with Crippen LogP contribution in [0.15, 0.2) is 18.2 Å². The third-order valence-electron chi connectivity index (χ3n) is 3.05. The Hall–Kier alpha value is -1.63. The lowest BCUT2D eigenvalue weighted by Crippen LogP contribution is -2.32. The Morgan fingerprint density at radius 2 is 2.05 bits per heavy atom. The molecule has 1 saturated heterocycles. The van der Waals surface area contributed by atoms with Gasteiger partial charge in [-0.2, -0.15) is 13.2 Å². The number of hydrogen-bond acceptors (Lipinski definition) is 2. The van der Waals surface area contributed by atoms with Crippen LogP contribution in [0, 0.1) is 5.82 Å². The lowest BCUT2D eigenvalue weighted by molar-refractivity contribution is -0.140. The molecule has 104 valence electrons. The predicted molar refractivity (Wildman–Crippen MR) is 59.9 cm³/mol. The molecule has 1 aliphatic rings. The van der Waals surface area contributed by atoms with Crippen LogP contribution in [-0.2, 0) is 6.18 Å². The Kier molecular flexibility index (Phi) is 3.49. The van der Waals surface area contributed by atoms with E-state index in [0.29, 0.717) is 19.0 Å². The van der Waals surface area contributed by atoms with Crippen molar-refractivity contribution < 1.29 is 22.4 Å². The van der Waals surface area contributed by atoms with Gasteiger partial charge in [0.15, 0.2) is 0 Å². The first-order chi connectivity index (χ1) is 8.80. The second-order valence-corrected chi connectivity index (χ2v) is 4.46. The quantitative estimate of drug-likeness (QED) is 0.798. The van der Waals surface area contributed by atoms with Gasteiger partial charge in [0.1, 0.15) is 5.82 Å². The summed E-state index contributed by atoms with van der Waals surface area (Å²) in [5, 5.41) is 0. The zero-order valence-corrected chi connectivity index (χ0v) is 9.88. The molecule has 0 unspecified atom stereocenters. The molecule has 7 heteroatoms. The molecule has 1 aromatic carbocycles. The average Bonchev–Trinajstić information content (AvgIpc) is 2.74. The van der Waals surface area contributed by atoms with Crippen molar-refractivity contribution in [3.05, 3.63) is 35.1 Å². The molecule has 1 amide bonds. The van der Waals surface area contributed by atoms with Gasteiger partial charge in [-0.1, -0.05) is 6.07 Å². The first-order valence-corrected chi connectivity index (χ1v) is 5.71. The van der Waals surface area contributed by atoms with Crippen LogP contribution in [0.3, 0.4) is 0 Å². The van der Waals surface area contributed by atoms with E-state index in [0.717, 1.165) is 12.1 Å². The predicted octanol–water partition coefficient (Wildman–Crippen LogP) is 2.02.